The molecule has 1 radical (unpaired) electrons. The fourth-order valence-corrected chi connectivity index (χ4v) is 1.59. The third kappa shape index (κ3) is 7.04. The molecule has 95 valence electrons. The molecule has 1 aromatic carbocycles. The Morgan fingerprint density at radius 2 is 1.94 bits per heavy atom. The van der Waals surface area contributed by atoms with E-state index in [9.17, 15) is 12.8 Å². The Balaban J connectivity index is 2.10. The van der Waals surface area contributed by atoms with Crippen molar-refractivity contribution in [3.05, 3.63) is 42.3 Å². The fraction of sp³-hybridized carbons (Fsp3) is 0.364. The van der Waals surface area contributed by atoms with Crippen molar-refractivity contribution in [2.75, 3.05) is 12.4 Å². The van der Waals surface area contributed by atoms with E-state index in [0.717, 1.165) is 5.56 Å². The molecule has 0 unspecified atom stereocenters. The van der Waals surface area contributed by atoms with Crippen LogP contribution in [0.15, 0.2) is 24.3 Å². The van der Waals surface area contributed by atoms with E-state index in [1.54, 1.807) is 12.1 Å². The van der Waals surface area contributed by atoms with Gasteiger partial charge in [0, 0.05) is 0 Å². The SMILES string of the molecule is O=S(=O)(O)CC[CH]OCCc1ccc(F)cc1. The van der Waals surface area contributed by atoms with E-state index in [-0.39, 0.29) is 18.0 Å². The van der Waals surface area contributed by atoms with Crippen LogP contribution >= 0.6 is 0 Å². The van der Waals surface area contributed by atoms with E-state index < -0.39 is 10.1 Å². The highest BCUT2D eigenvalue weighted by Gasteiger charge is 2.03. The Morgan fingerprint density at radius 1 is 1.29 bits per heavy atom. The predicted octanol–water partition coefficient (Wildman–Crippen LogP) is 1.82. The molecular formula is C11H14FO4S. The van der Waals surface area contributed by atoms with Crippen LogP contribution < -0.4 is 0 Å². The molecule has 0 fully saturated rings. The summed E-state index contributed by atoms with van der Waals surface area (Å²) in [6, 6.07) is 6.07. The van der Waals surface area contributed by atoms with Crippen molar-refractivity contribution in [1.29, 1.82) is 0 Å². The van der Waals surface area contributed by atoms with Crippen molar-refractivity contribution in [3.63, 3.8) is 0 Å². The normalized spacial score (nSPS) is 11.6. The van der Waals surface area contributed by atoms with Gasteiger partial charge in [0.05, 0.1) is 19.0 Å². The third-order valence-electron chi connectivity index (χ3n) is 2.03. The van der Waals surface area contributed by atoms with Gasteiger partial charge in [-0.15, -0.1) is 0 Å². The smallest absolute Gasteiger partial charge is 0.264 e. The van der Waals surface area contributed by atoms with E-state index in [2.05, 4.69) is 0 Å². The second kappa shape index (κ2) is 6.68. The van der Waals surface area contributed by atoms with E-state index in [1.807, 2.05) is 0 Å². The summed E-state index contributed by atoms with van der Waals surface area (Å²) in [5, 5.41) is 0. The molecule has 0 bridgehead atoms. The van der Waals surface area contributed by atoms with Crippen molar-refractivity contribution in [1.82, 2.24) is 0 Å². The molecule has 0 aromatic heterocycles. The lowest BCUT2D eigenvalue weighted by molar-refractivity contribution is 0.197. The summed E-state index contributed by atoms with van der Waals surface area (Å²) < 4.78 is 46.8. The second-order valence-corrected chi connectivity index (χ2v) is 5.06. The van der Waals surface area contributed by atoms with E-state index in [4.69, 9.17) is 9.29 Å². The summed E-state index contributed by atoms with van der Waals surface area (Å²) in [5.41, 5.74) is 0.939. The molecule has 0 amide bonds. The maximum atomic E-state index is 12.6. The van der Waals surface area contributed by atoms with Crippen LogP contribution in [0.5, 0.6) is 0 Å². The molecule has 0 heterocycles. The lowest BCUT2D eigenvalue weighted by atomic mass is 10.2. The topological polar surface area (TPSA) is 63.6 Å². The van der Waals surface area contributed by atoms with E-state index in [0.29, 0.717) is 13.0 Å². The minimum Gasteiger partial charge on any atom is -0.375 e. The summed E-state index contributed by atoms with van der Waals surface area (Å²) in [4.78, 5) is 0. The fourth-order valence-electron chi connectivity index (χ4n) is 1.19. The Bertz CT molecular complexity index is 427. The van der Waals surface area contributed by atoms with Gasteiger partial charge in [-0.25, -0.2) is 4.39 Å². The van der Waals surface area contributed by atoms with Gasteiger partial charge in [-0.2, -0.15) is 8.42 Å². The van der Waals surface area contributed by atoms with Crippen molar-refractivity contribution in [3.8, 4) is 0 Å². The largest absolute Gasteiger partial charge is 0.375 e. The highest BCUT2D eigenvalue weighted by atomic mass is 32.2. The van der Waals surface area contributed by atoms with Gasteiger partial charge in [0.25, 0.3) is 10.1 Å². The average molecular weight is 261 g/mol. The third-order valence-corrected chi connectivity index (χ3v) is 2.78. The first-order valence-corrected chi connectivity index (χ1v) is 6.71. The average Bonchev–Trinajstić information content (AvgIpc) is 2.24. The first-order valence-electron chi connectivity index (χ1n) is 5.10. The molecule has 4 nitrogen and oxygen atoms in total. The first kappa shape index (κ1) is 14.1. The van der Waals surface area contributed by atoms with Crippen molar-refractivity contribution < 1.29 is 22.1 Å². The molecule has 0 saturated heterocycles. The van der Waals surface area contributed by atoms with Gasteiger partial charge in [0.1, 0.15) is 5.82 Å². The summed E-state index contributed by atoms with van der Waals surface area (Å²) in [5.74, 6) is -0.627. The van der Waals surface area contributed by atoms with E-state index in [1.165, 1.54) is 18.7 Å². The Hall–Kier alpha value is -0.980. The molecule has 0 aliphatic heterocycles. The van der Waals surface area contributed by atoms with Gasteiger partial charge in [0.15, 0.2) is 0 Å². The van der Waals surface area contributed by atoms with Crippen molar-refractivity contribution in [2.24, 2.45) is 0 Å². The van der Waals surface area contributed by atoms with Crippen molar-refractivity contribution >= 4 is 10.1 Å². The van der Waals surface area contributed by atoms with Crippen molar-refractivity contribution in [2.45, 2.75) is 12.8 Å². The first-order chi connectivity index (χ1) is 7.97. The number of halogens is 1. The number of rotatable bonds is 7. The predicted molar refractivity (Wildman–Crippen MR) is 61.4 cm³/mol. The summed E-state index contributed by atoms with van der Waals surface area (Å²) >= 11 is 0. The molecule has 0 atom stereocenters. The minimum atomic E-state index is -3.92. The van der Waals surface area contributed by atoms with Crippen LogP contribution in [0.2, 0.25) is 0 Å². The molecule has 17 heavy (non-hydrogen) atoms. The van der Waals surface area contributed by atoms with Crippen LogP contribution in [0.4, 0.5) is 4.39 Å². The number of hydrogen-bond donors (Lipinski definition) is 1. The lowest BCUT2D eigenvalue weighted by Gasteiger charge is -2.03. The van der Waals surface area contributed by atoms with Crippen LogP contribution in [0.3, 0.4) is 0 Å². The quantitative estimate of drug-likeness (QED) is 0.600. The molecule has 0 spiro atoms. The van der Waals surface area contributed by atoms with Gasteiger partial charge >= 0.3 is 0 Å². The van der Waals surface area contributed by atoms with Gasteiger partial charge in [-0.1, -0.05) is 12.1 Å². The standard InChI is InChI=1S/C11H14FO4S/c12-11-4-2-10(3-5-11)6-8-16-7-1-9-17(13,14)15/h2-5,7H,1,6,8-9H2,(H,13,14,15). The van der Waals surface area contributed by atoms with Gasteiger partial charge in [0.2, 0.25) is 0 Å². The maximum Gasteiger partial charge on any atom is 0.264 e. The van der Waals surface area contributed by atoms with Crippen LogP contribution in [0.1, 0.15) is 12.0 Å². The monoisotopic (exact) mass is 261 g/mol. The zero-order valence-corrected chi connectivity index (χ0v) is 9.99. The highest BCUT2D eigenvalue weighted by molar-refractivity contribution is 7.85. The molecule has 1 rings (SSSR count). The van der Waals surface area contributed by atoms with Crippen LogP contribution in [0, 0.1) is 12.4 Å². The lowest BCUT2D eigenvalue weighted by Crippen LogP contribution is -2.05. The number of ether oxygens (including phenoxy) is 1. The highest BCUT2D eigenvalue weighted by Crippen LogP contribution is 2.04. The van der Waals surface area contributed by atoms with E-state index >= 15 is 0 Å². The Kier molecular flexibility index (Phi) is 5.54. The Labute approximate surface area is 100 Å². The molecule has 1 aromatic rings. The number of benzene rings is 1. The zero-order chi connectivity index (χ0) is 12.7. The Morgan fingerprint density at radius 3 is 2.53 bits per heavy atom. The zero-order valence-electron chi connectivity index (χ0n) is 9.17. The molecule has 0 saturated carbocycles. The van der Waals surface area contributed by atoms with Gasteiger partial charge in [-0.05, 0) is 30.5 Å². The molecular weight excluding hydrogens is 247 g/mol. The summed E-state index contributed by atoms with van der Waals surface area (Å²) in [7, 11) is -3.92. The van der Waals surface area contributed by atoms with Gasteiger partial charge in [-0.3, -0.25) is 4.55 Å². The molecule has 0 aliphatic carbocycles. The van der Waals surface area contributed by atoms with Crippen LogP contribution in [0.25, 0.3) is 0 Å². The second-order valence-electron chi connectivity index (χ2n) is 3.49. The maximum absolute atomic E-state index is 12.6. The molecule has 1 N–H and O–H groups in total. The summed E-state index contributed by atoms with van der Waals surface area (Å²) in [6.45, 7) is 1.73. The van der Waals surface area contributed by atoms with Gasteiger partial charge < -0.3 is 4.74 Å². The van der Waals surface area contributed by atoms with Crippen LogP contribution in [-0.4, -0.2) is 25.3 Å². The molecule has 0 aliphatic rings. The summed E-state index contributed by atoms with van der Waals surface area (Å²) in [6.07, 6.45) is 0.755. The number of hydrogen-bond acceptors (Lipinski definition) is 3. The van der Waals surface area contributed by atoms with Crippen LogP contribution in [-0.2, 0) is 21.3 Å². The minimum absolute atomic E-state index is 0.141. The molecule has 6 heteroatoms.